The lowest BCUT2D eigenvalue weighted by atomic mass is 10.1. The van der Waals surface area contributed by atoms with Gasteiger partial charge < -0.3 is 5.32 Å². The van der Waals surface area contributed by atoms with Crippen molar-refractivity contribution in [1.29, 1.82) is 0 Å². The Morgan fingerprint density at radius 1 is 0.806 bits per heavy atom. The third-order valence-corrected chi connectivity index (χ3v) is 6.62. The predicted molar refractivity (Wildman–Crippen MR) is 122 cm³/mol. The number of nitrogens with one attached hydrogen (secondary N) is 2. The Bertz CT molecular complexity index is 1280. The van der Waals surface area contributed by atoms with Gasteiger partial charge in [-0.25, -0.2) is 8.42 Å². The molecule has 0 spiro atoms. The molecular weight excluding hydrogens is 412 g/mol. The molecule has 6 nitrogen and oxygen atoms in total. The van der Waals surface area contributed by atoms with E-state index in [1.807, 2.05) is 19.9 Å². The van der Waals surface area contributed by atoms with Gasteiger partial charge in [0.2, 0.25) is 0 Å². The summed E-state index contributed by atoms with van der Waals surface area (Å²) in [5.74, 6) is -0.582. The summed E-state index contributed by atoms with van der Waals surface area (Å²) in [7, 11) is -3.90. The second-order valence-corrected chi connectivity index (χ2v) is 9.08. The molecule has 3 aromatic carbocycles. The molecule has 3 aromatic rings. The van der Waals surface area contributed by atoms with Crippen LogP contribution in [0.3, 0.4) is 0 Å². The Kier molecular flexibility index (Phi) is 6.27. The van der Waals surface area contributed by atoms with Crippen LogP contribution in [0.5, 0.6) is 0 Å². The number of aryl methyl sites for hydroxylation is 2. The van der Waals surface area contributed by atoms with Gasteiger partial charge in [-0.3, -0.25) is 14.3 Å². The van der Waals surface area contributed by atoms with Crippen LogP contribution >= 0.6 is 0 Å². The maximum Gasteiger partial charge on any atom is 0.262 e. The lowest BCUT2D eigenvalue weighted by molar-refractivity contribution is 0.101. The zero-order valence-corrected chi connectivity index (χ0v) is 18.6. The molecule has 0 fully saturated rings. The topological polar surface area (TPSA) is 92.3 Å². The van der Waals surface area contributed by atoms with Gasteiger partial charge in [0, 0.05) is 16.8 Å². The van der Waals surface area contributed by atoms with E-state index in [-0.39, 0.29) is 16.2 Å². The Morgan fingerprint density at radius 2 is 1.52 bits per heavy atom. The van der Waals surface area contributed by atoms with Gasteiger partial charge in [-0.15, -0.1) is 0 Å². The average Bonchev–Trinajstić information content (AvgIpc) is 2.71. The van der Waals surface area contributed by atoms with Crippen LogP contribution in [0.4, 0.5) is 11.4 Å². The highest BCUT2D eigenvalue weighted by atomic mass is 32.2. The monoisotopic (exact) mass is 436 g/mol. The summed E-state index contributed by atoms with van der Waals surface area (Å²) in [6.07, 6.45) is 0. The van der Waals surface area contributed by atoms with E-state index >= 15 is 0 Å². The largest absolute Gasteiger partial charge is 0.322 e. The third kappa shape index (κ3) is 5.00. The standard InChI is InChI=1S/C24H24N2O4S/c1-15-7-5-10-22(17(15)3)26-31(29,30)23-14-20(12-11-16(23)2)24(28)25-21-9-6-8-19(13-21)18(4)27/h5-14,26H,1-4H3,(H,25,28). The lowest BCUT2D eigenvalue weighted by Gasteiger charge is -2.14. The molecule has 160 valence electrons. The number of rotatable bonds is 6. The summed E-state index contributed by atoms with van der Waals surface area (Å²) in [5.41, 5.74) is 3.95. The van der Waals surface area contributed by atoms with Crippen molar-refractivity contribution in [1.82, 2.24) is 0 Å². The summed E-state index contributed by atoms with van der Waals surface area (Å²) in [6.45, 7) is 6.88. The molecule has 3 rings (SSSR count). The van der Waals surface area contributed by atoms with Gasteiger partial charge in [-0.05, 0) is 74.7 Å². The number of carbonyl (C=O) groups is 2. The van der Waals surface area contributed by atoms with Crippen LogP contribution in [-0.4, -0.2) is 20.1 Å². The molecule has 0 unspecified atom stereocenters. The smallest absolute Gasteiger partial charge is 0.262 e. The molecule has 31 heavy (non-hydrogen) atoms. The van der Waals surface area contributed by atoms with Crippen LogP contribution in [-0.2, 0) is 10.0 Å². The number of hydrogen-bond donors (Lipinski definition) is 2. The second kappa shape index (κ2) is 8.73. The molecule has 0 bridgehead atoms. The van der Waals surface area contributed by atoms with Crippen molar-refractivity contribution in [2.45, 2.75) is 32.6 Å². The molecule has 0 saturated carbocycles. The van der Waals surface area contributed by atoms with E-state index in [4.69, 9.17) is 0 Å². The molecular formula is C24H24N2O4S. The van der Waals surface area contributed by atoms with Crippen LogP contribution in [0, 0.1) is 20.8 Å². The second-order valence-electron chi connectivity index (χ2n) is 7.42. The summed E-state index contributed by atoms with van der Waals surface area (Å²) in [4.78, 5) is 24.3. The Balaban J connectivity index is 1.90. The van der Waals surface area contributed by atoms with Crippen LogP contribution in [0.15, 0.2) is 65.6 Å². The zero-order chi connectivity index (χ0) is 22.8. The highest BCUT2D eigenvalue weighted by Gasteiger charge is 2.20. The SMILES string of the molecule is CC(=O)c1cccc(NC(=O)c2ccc(C)c(S(=O)(=O)Nc3cccc(C)c3C)c2)c1. The highest BCUT2D eigenvalue weighted by Crippen LogP contribution is 2.25. The Hall–Kier alpha value is -3.45. The first kappa shape index (κ1) is 22.2. The average molecular weight is 437 g/mol. The van der Waals surface area contributed by atoms with Crippen molar-refractivity contribution in [3.8, 4) is 0 Å². The van der Waals surface area contributed by atoms with Crippen molar-refractivity contribution in [2.75, 3.05) is 10.0 Å². The van der Waals surface area contributed by atoms with Gasteiger partial charge in [-0.2, -0.15) is 0 Å². The molecule has 0 aliphatic heterocycles. The molecule has 0 saturated heterocycles. The summed E-state index contributed by atoms with van der Waals surface area (Å²) < 4.78 is 28.7. The van der Waals surface area contributed by atoms with Crippen molar-refractivity contribution in [2.24, 2.45) is 0 Å². The van der Waals surface area contributed by atoms with E-state index in [2.05, 4.69) is 10.0 Å². The number of Topliss-reactive ketones (excluding diaryl/α,β-unsaturated/α-hetero) is 1. The fraction of sp³-hybridized carbons (Fsp3) is 0.167. The van der Waals surface area contributed by atoms with E-state index in [0.717, 1.165) is 11.1 Å². The van der Waals surface area contributed by atoms with Crippen molar-refractivity contribution in [3.05, 3.63) is 88.5 Å². The molecule has 0 aliphatic carbocycles. The van der Waals surface area contributed by atoms with Crippen LogP contribution in [0.25, 0.3) is 0 Å². The van der Waals surface area contributed by atoms with Gasteiger partial charge in [0.1, 0.15) is 0 Å². The fourth-order valence-electron chi connectivity index (χ4n) is 3.11. The van der Waals surface area contributed by atoms with Crippen molar-refractivity contribution >= 4 is 33.1 Å². The van der Waals surface area contributed by atoms with Gasteiger partial charge in [-0.1, -0.05) is 30.3 Å². The first-order chi connectivity index (χ1) is 14.6. The maximum absolute atomic E-state index is 13.1. The summed E-state index contributed by atoms with van der Waals surface area (Å²) in [6, 6.07) is 16.5. The summed E-state index contributed by atoms with van der Waals surface area (Å²) >= 11 is 0. The number of anilines is 2. The number of benzene rings is 3. The molecule has 0 aromatic heterocycles. The van der Waals surface area contributed by atoms with Crippen molar-refractivity contribution in [3.63, 3.8) is 0 Å². The van der Waals surface area contributed by atoms with Gasteiger partial charge in [0.25, 0.3) is 15.9 Å². The molecule has 2 N–H and O–H groups in total. The number of sulfonamides is 1. The summed E-state index contributed by atoms with van der Waals surface area (Å²) in [5, 5.41) is 2.71. The minimum Gasteiger partial charge on any atom is -0.322 e. The molecule has 1 amide bonds. The van der Waals surface area contributed by atoms with Crippen LogP contribution < -0.4 is 10.0 Å². The molecule has 0 atom stereocenters. The quantitative estimate of drug-likeness (QED) is 0.539. The third-order valence-electron chi connectivity index (χ3n) is 5.12. The molecule has 0 aliphatic rings. The first-order valence-electron chi connectivity index (χ1n) is 9.70. The van der Waals surface area contributed by atoms with E-state index in [9.17, 15) is 18.0 Å². The first-order valence-corrected chi connectivity index (χ1v) is 11.2. The number of amides is 1. The maximum atomic E-state index is 13.1. The molecule has 0 radical (unpaired) electrons. The number of ketones is 1. The predicted octanol–water partition coefficient (Wildman–Crippen LogP) is 4.87. The van der Waals surface area contributed by atoms with E-state index in [0.29, 0.717) is 22.5 Å². The van der Waals surface area contributed by atoms with E-state index in [1.54, 1.807) is 55.5 Å². The normalized spacial score (nSPS) is 11.1. The van der Waals surface area contributed by atoms with E-state index < -0.39 is 15.9 Å². The lowest BCUT2D eigenvalue weighted by Crippen LogP contribution is -2.18. The van der Waals surface area contributed by atoms with E-state index in [1.165, 1.54) is 13.0 Å². The highest BCUT2D eigenvalue weighted by molar-refractivity contribution is 7.92. The zero-order valence-electron chi connectivity index (χ0n) is 17.8. The minimum absolute atomic E-state index is 0.0264. The van der Waals surface area contributed by atoms with Crippen LogP contribution in [0.2, 0.25) is 0 Å². The van der Waals surface area contributed by atoms with Gasteiger partial charge in [0.15, 0.2) is 5.78 Å². The molecule has 0 heterocycles. The van der Waals surface area contributed by atoms with Gasteiger partial charge >= 0.3 is 0 Å². The molecule has 7 heteroatoms. The van der Waals surface area contributed by atoms with Crippen molar-refractivity contribution < 1.29 is 18.0 Å². The minimum atomic E-state index is -3.90. The Labute approximate surface area is 182 Å². The number of carbonyl (C=O) groups excluding carboxylic acids is 2. The fourth-order valence-corrected chi connectivity index (χ4v) is 4.51. The van der Waals surface area contributed by atoms with Crippen LogP contribution in [0.1, 0.15) is 44.3 Å². The number of hydrogen-bond acceptors (Lipinski definition) is 4. The van der Waals surface area contributed by atoms with Gasteiger partial charge in [0.05, 0.1) is 10.6 Å². The Morgan fingerprint density at radius 3 is 2.23 bits per heavy atom.